The lowest BCUT2D eigenvalue weighted by Crippen LogP contribution is -2.45. The van der Waals surface area contributed by atoms with Gasteiger partial charge in [0.15, 0.2) is 0 Å². The monoisotopic (exact) mass is 348 g/mol. The minimum absolute atomic E-state index is 0.00778. The van der Waals surface area contributed by atoms with Crippen LogP contribution < -0.4 is 14.8 Å². The Morgan fingerprint density at radius 2 is 2.04 bits per heavy atom. The molecule has 1 atom stereocenters. The highest BCUT2D eigenvalue weighted by molar-refractivity contribution is 7.89. The predicted octanol–water partition coefficient (Wildman–Crippen LogP) is 0.654. The molecule has 0 spiro atoms. The van der Waals surface area contributed by atoms with Crippen LogP contribution in [0.5, 0.6) is 5.75 Å². The number of rotatable bonds is 9. The molecule has 9 heteroatoms. The van der Waals surface area contributed by atoms with E-state index >= 15 is 0 Å². The molecule has 0 aliphatic heterocycles. The number of hydrogen-bond acceptors (Lipinski definition) is 5. The SMILES string of the molecule is COCCCNC(=O)C(C)NS(=O)(=O)c1cc(F)ccc1OC. The van der Waals surface area contributed by atoms with E-state index in [1.54, 1.807) is 7.11 Å². The number of benzene rings is 1. The summed E-state index contributed by atoms with van der Waals surface area (Å²) in [7, 11) is -1.28. The molecule has 1 aromatic carbocycles. The average Bonchev–Trinajstić information content (AvgIpc) is 2.50. The summed E-state index contributed by atoms with van der Waals surface area (Å²) >= 11 is 0. The van der Waals surface area contributed by atoms with Crippen LogP contribution in [0, 0.1) is 5.82 Å². The van der Waals surface area contributed by atoms with Crippen LogP contribution in [0.1, 0.15) is 13.3 Å². The predicted molar refractivity (Wildman–Crippen MR) is 82.2 cm³/mol. The van der Waals surface area contributed by atoms with Crippen molar-refractivity contribution < 1.29 is 27.1 Å². The molecule has 130 valence electrons. The molecule has 0 bridgehead atoms. The minimum atomic E-state index is -4.11. The van der Waals surface area contributed by atoms with E-state index in [4.69, 9.17) is 9.47 Å². The van der Waals surface area contributed by atoms with Crippen LogP contribution >= 0.6 is 0 Å². The van der Waals surface area contributed by atoms with Crippen LogP contribution in [0.15, 0.2) is 23.1 Å². The molecule has 0 aliphatic carbocycles. The first-order chi connectivity index (χ1) is 10.8. The lowest BCUT2D eigenvalue weighted by molar-refractivity contribution is -0.122. The zero-order chi connectivity index (χ0) is 17.5. The number of ether oxygens (including phenoxy) is 2. The number of sulfonamides is 1. The Morgan fingerprint density at radius 1 is 1.35 bits per heavy atom. The second-order valence-corrected chi connectivity index (χ2v) is 6.46. The molecule has 1 amide bonds. The molecule has 23 heavy (non-hydrogen) atoms. The van der Waals surface area contributed by atoms with Gasteiger partial charge in [0.25, 0.3) is 0 Å². The van der Waals surface area contributed by atoms with Gasteiger partial charge in [-0.2, -0.15) is 4.72 Å². The van der Waals surface area contributed by atoms with Crippen LogP contribution in [0.25, 0.3) is 0 Å². The second-order valence-electron chi connectivity index (χ2n) is 4.78. The van der Waals surface area contributed by atoms with Crippen molar-refractivity contribution >= 4 is 15.9 Å². The molecule has 0 saturated heterocycles. The van der Waals surface area contributed by atoms with Gasteiger partial charge in [0, 0.05) is 20.3 Å². The normalized spacial score (nSPS) is 12.7. The number of halogens is 1. The molecule has 0 heterocycles. The van der Waals surface area contributed by atoms with Gasteiger partial charge in [-0.1, -0.05) is 0 Å². The van der Waals surface area contributed by atoms with E-state index in [1.165, 1.54) is 20.1 Å². The number of carbonyl (C=O) groups excluding carboxylic acids is 1. The summed E-state index contributed by atoms with van der Waals surface area (Å²) in [4.78, 5) is 11.5. The van der Waals surface area contributed by atoms with Crippen LogP contribution in [-0.2, 0) is 19.6 Å². The van der Waals surface area contributed by atoms with Crippen molar-refractivity contribution in [2.24, 2.45) is 0 Å². The van der Waals surface area contributed by atoms with Gasteiger partial charge >= 0.3 is 0 Å². The zero-order valence-corrected chi connectivity index (χ0v) is 14.1. The molecule has 1 unspecified atom stereocenters. The Bertz CT molecular complexity index is 636. The van der Waals surface area contributed by atoms with Gasteiger partial charge in [-0.3, -0.25) is 4.79 Å². The Balaban J connectivity index is 2.78. The van der Waals surface area contributed by atoms with E-state index in [0.717, 1.165) is 12.1 Å². The topological polar surface area (TPSA) is 93.7 Å². The summed E-state index contributed by atoms with van der Waals surface area (Å²) in [6, 6.07) is 2.11. The lowest BCUT2D eigenvalue weighted by Gasteiger charge is -2.16. The highest BCUT2D eigenvalue weighted by atomic mass is 32.2. The minimum Gasteiger partial charge on any atom is -0.495 e. The highest BCUT2D eigenvalue weighted by Crippen LogP contribution is 2.24. The second kappa shape index (κ2) is 8.80. The van der Waals surface area contributed by atoms with Crippen molar-refractivity contribution in [3.05, 3.63) is 24.0 Å². The van der Waals surface area contributed by atoms with Crippen molar-refractivity contribution in [1.29, 1.82) is 0 Å². The smallest absolute Gasteiger partial charge is 0.245 e. The average molecular weight is 348 g/mol. The van der Waals surface area contributed by atoms with E-state index in [1.807, 2.05) is 0 Å². The number of hydrogen-bond donors (Lipinski definition) is 2. The van der Waals surface area contributed by atoms with E-state index in [9.17, 15) is 17.6 Å². The summed E-state index contributed by atoms with van der Waals surface area (Å²) in [5.74, 6) is -1.21. The van der Waals surface area contributed by atoms with Crippen LogP contribution in [0.3, 0.4) is 0 Å². The first-order valence-corrected chi connectivity index (χ1v) is 8.42. The Morgan fingerprint density at radius 3 is 2.65 bits per heavy atom. The molecule has 2 N–H and O–H groups in total. The van der Waals surface area contributed by atoms with Gasteiger partial charge in [0.05, 0.1) is 13.2 Å². The van der Waals surface area contributed by atoms with Gasteiger partial charge in [-0.05, 0) is 31.5 Å². The van der Waals surface area contributed by atoms with Crippen molar-refractivity contribution in [2.75, 3.05) is 27.4 Å². The van der Waals surface area contributed by atoms with Crippen molar-refractivity contribution in [3.8, 4) is 5.75 Å². The first kappa shape index (κ1) is 19.3. The van der Waals surface area contributed by atoms with Gasteiger partial charge in [-0.25, -0.2) is 12.8 Å². The molecule has 7 nitrogen and oxygen atoms in total. The Labute approximate surface area is 135 Å². The molecule has 0 aromatic heterocycles. The van der Waals surface area contributed by atoms with E-state index in [0.29, 0.717) is 19.6 Å². The van der Waals surface area contributed by atoms with Gasteiger partial charge in [0.2, 0.25) is 15.9 Å². The van der Waals surface area contributed by atoms with Crippen LogP contribution in [0.4, 0.5) is 4.39 Å². The van der Waals surface area contributed by atoms with E-state index in [2.05, 4.69) is 10.0 Å². The number of nitrogens with one attached hydrogen (secondary N) is 2. The van der Waals surface area contributed by atoms with Gasteiger partial charge in [0.1, 0.15) is 16.5 Å². The fourth-order valence-corrected chi connectivity index (χ4v) is 3.17. The molecule has 0 saturated carbocycles. The summed E-state index contributed by atoms with van der Waals surface area (Å²) in [5, 5.41) is 2.58. The van der Waals surface area contributed by atoms with Crippen molar-refractivity contribution in [3.63, 3.8) is 0 Å². The molecular weight excluding hydrogens is 327 g/mol. The fraction of sp³-hybridized carbons (Fsp3) is 0.500. The van der Waals surface area contributed by atoms with Crippen LogP contribution in [-0.4, -0.2) is 47.7 Å². The summed E-state index contributed by atoms with van der Waals surface area (Å²) in [6.07, 6.45) is 0.611. The lowest BCUT2D eigenvalue weighted by atomic mass is 10.3. The maximum Gasteiger partial charge on any atom is 0.245 e. The quantitative estimate of drug-likeness (QED) is 0.639. The van der Waals surface area contributed by atoms with Crippen LogP contribution in [0.2, 0.25) is 0 Å². The maximum absolute atomic E-state index is 13.3. The van der Waals surface area contributed by atoms with Crippen molar-refractivity contribution in [1.82, 2.24) is 10.0 Å². The van der Waals surface area contributed by atoms with Gasteiger partial charge < -0.3 is 14.8 Å². The molecule has 0 aliphatic rings. The summed E-state index contributed by atoms with van der Waals surface area (Å²) in [5.41, 5.74) is 0. The molecule has 0 radical (unpaired) electrons. The summed E-state index contributed by atoms with van der Waals surface area (Å²) < 4.78 is 49.9. The fourth-order valence-electron chi connectivity index (χ4n) is 1.79. The molecular formula is C14H21FN2O5S. The Hall–Kier alpha value is -1.71. The van der Waals surface area contributed by atoms with E-state index < -0.39 is 27.8 Å². The number of amides is 1. The summed E-state index contributed by atoms with van der Waals surface area (Å²) in [6.45, 7) is 2.25. The van der Waals surface area contributed by atoms with E-state index in [-0.39, 0.29) is 10.6 Å². The molecule has 0 fully saturated rings. The van der Waals surface area contributed by atoms with Crippen molar-refractivity contribution in [2.45, 2.75) is 24.3 Å². The first-order valence-electron chi connectivity index (χ1n) is 6.94. The number of methoxy groups -OCH3 is 2. The third-order valence-corrected chi connectivity index (χ3v) is 4.53. The molecule has 1 aromatic rings. The standard InChI is InChI=1S/C14H21FN2O5S/c1-10(14(18)16-7-4-8-21-2)17-23(19,20)13-9-11(15)5-6-12(13)22-3/h5-6,9-10,17H,4,7-8H2,1-3H3,(H,16,18). The third-order valence-electron chi connectivity index (χ3n) is 2.96. The highest BCUT2D eigenvalue weighted by Gasteiger charge is 2.25. The third kappa shape index (κ3) is 5.77. The Kier molecular flexibility index (Phi) is 7.40. The molecule has 1 rings (SSSR count). The number of carbonyl (C=O) groups is 1. The van der Waals surface area contributed by atoms with Gasteiger partial charge in [-0.15, -0.1) is 0 Å². The maximum atomic E-state index is 13.3. The zero-order valence-electron chi connectivity index (χ0n) is 13.3. The largest absolute Gasteiger partial charge is 0.495 e.